The lowest BCUT2D eigenvalue weighted by molar-refractivity contribution is -0.118. The number of nitrogens with zero attached hydrogens (tertiary/aromatic N) is 1. The lowest BCUT2D eigenvalue weighted by atomic mass is 9.92. The Labute approximate surface area is 230 Å². The molecule has 2 heterocycles. The third kappa shape index (κ3) is 7.99. The number of nitrogens with one attached hydrogen (secondary N) is 2. The minimum Gasteiger partial charge on any atom is -0.385 e. The van der Waals surface area contributed by atoms with Crippen molar-refractivity contribution in [3.63, 3.8) is 0 Å². The molecule has 1 aliphatic heterocycles. The van der Waals surface area contributed by atoms with Crippen molar-refractivity contribution in [2.45, 2.75) is 64.7 Å². The molecule has 2 aromatic rings. The molecule has 0 bridgehead atoms. The van der Waals surface area contributed by atoms with Gasteiger partial charge >= 0.3 is 13.4 Å². The predicted molar refractivity (Wildman–Crippen MR) is 146 cm³/mol. The highest BCUT2D eigenvalue weighted by molar-refractivity contribution is 8.13. The van der Waals surface area contributed by atoms with Gasteiger partial charge in [-0.3, -0.25) is 28.2 Å². The van der Waals surface area contributed by atoms with Crippen molar-refractivity contribution in [3.8, 4) is 0 Å². The zero-order valence-corrected chi connectivity index (χ0v) is 24.1. The summed E-state index contributed by atoms with van der Waals surface area (Å²) in [5, 5.41) is 24.4. The minimum atomic E-state index is -3.99. The molecule has 0 saturated carbocycles. The number of carbonyl (C=O) groups is 1. The van der Waals surface area contributed by atoms with E-state index >= 15 is 0 Å². The van der Waals surface area contributed by atoms with Crippen molar-refractivity contribution < 1.29 is 33.4 Å². The summed E-state index contributed by atoms with van der Waals surface area (Å²) in [5.41, 5.74) is -3.04. The Kier molecular flexibility index (Phi) is 10.5. The Morgan fingerprint density at radius 2 is 1.95 bits per heavy atom. The van der Waals surface area contributed by atoms with Gasteiger partial charge in [-0.1, -0.05) is 62.9 Å². The van der Waals surface area contributed by atoms with Crippen molar-refractivity contribution in [1.29, 1.82) is 0 Å². The maximum absolute atomic E-state index is 13.6. The fourth-order valence-electron chi connectivity index (χ4n) is 3.62. The van der Waals surface area contributed by atoms with E-state index in [1.165, 1.54) is 6.92 Å². The van der Waals surface area contributed by atoms with Crippen LogP contribution in [0.2, 0.25) is 0 Å². The van der Waals surface area contributed by atoms with E-state index < -0.39 is 55.1 Å². The fraction of sp³-hybridized carbons (Fsp3) is 0.560. The third-order valence-corrected chi connectivity index (χ3v) is 9.42. The van der Waals surface area contributed by atoms with Gasteiger partial charge in [0.2, 0.25) is 0 Å². The third-order valence-electron chi connectivity index (χ3n) is 6.68. The number of aliphatic hydroxyl groups is 2. The first-order valence-electron chi connectivity index (χ1n) is 12.5. The summed E-state index contributed by atoms with van der Waals surface area (Å²) in [5.74, 6) is 0.246. The van der Waals surface area contributed by atoms with Gasteiger partial charge in [0.05, 0.1) is 13.2 Å². The quantitative estimate of drug-likeness (QED) is 0.201. The Morgan fingerprint density at radius 3 is 2.59 bits per heavy atom. The number of aliphatic hydroxyl groups excluding tert-OH is 1. The normalized spacial score (nSPS) is 24.9. The molecular formula is C25H36N3O9PS. The smallest absolute Gasteiger partial charge is 0.385 e. The topological polar surface area (TPSA) is 169 Å². The number of aromatic nitrogens is 2. The molecular weight excluding hydrogens is 549 g/mol. The molecule has 1 aromatic carbocycles. The lowest BCUT2D eigenvalue weighted by Crippen LogP contribution is -2.47. The van der Waals surface area contributed by atoms with Crippen LogP contribution < -0.4 is 16.3 Å². The van der Waals surface area contributed by atoms with E-state index in [2.05, 4.69) is 10.1 Å². The number of thioether (sulfide) groups is 1. The molecule has 4 N–H and O–H groups in total. The maximum Gasteiger partial charge on any atom is 0.405 e. The van der Waals surface area contributed by atoms with Gasteiger partial charge in [0.1, 0.15) is 17.8 Å². The first-order valence-corrected chi connectivity index (χ1v) is 15.0. The number of hydrogen-bond donors (Lipinski definition) is 4. The zero-order valence-electron chi connectivity index (χ0n) is 22.4. The van der Waals surface area contributed by atoms with Crippen molar-refractivity contribution in [2.24, 2.45) is 5.41 Å². The summed E-state index contributed by atoms with van der Waals surface area (Å²) in [6.07, 6.45) is -2.30. The summed E-state index contributed by atoms with van der Waals surface area (Å²) >= 11 is 1.08. The molecule has 0 amide bonds. The first-order chi connectivity index (χ1) is 18.3. The average molecular weight is 586 g/mol. The van der Waals surface area contributed by atoms with Crippen LogP contribution in [-0.4, -0.2) is 61.7 Å². The second-order valence-electron chi connectivity index (χ2n) is 10.0. The number of aromatic amines is 1. The Morgan fingerprint density at radius 1 is 1.26 bits per heavy atom. The highest BCUT2D eigenvalue weighted by Crippen LogP contribution is 2.46. The van der Waals surface area contributed by atoms with Gasteiger partial charge in [-0.2, -0.15) is 0 Å². The van der Waals surface area contributed by atoms with Crippen LogP contribution in [0.5, 0.6) is 0 Å². The van der Waals surface area contributed by atoms with Crippen molar-refractivity contribution >= 4 is 24.6 Å². The number of ether oxygens (including phenoxy) is 1. The first kappa shape index (κ1) is 31.4. The summed E-state index contributed by atoms with van der Waals surface area (Å²) in [6, 6.07) is 10.2. The van der Waals surface area contributed by atoms with E-state index in [0.29, 0.717) is 6.42 Å². The van der Waals surface area contributed by atoms with E-state index in [1.54, 1.807) is 0 Å². The molecule has 0 spiro atoms. The van der Waals surface area contributed by atoms with Crippen LogP contribution in [0.3, 0.4) is 0 Å². The summed E-state index contributed by atoms with van der Waals surface area (Å²) < 4.78 is 31.5. The van der Waals surface area contributed by atoms with Crippen molar-refractivity contribution in [1.82, 2.24) is 14.6 Å². The van der Waals surface area contributed by atoms with E-state index in [1.807, 2.05) is 51.1 Å². The van der Waals surface area contributed by atoms with E-state index in [4.69, 9.17) is 13.8 Å². The van der Waals surface area contributed by atoms with E-state index in [-0.39, 0.29) is 24.0 Å². The van der Waals surface area contributed by atoms with Crippen molar-refractivity contribution in [2.75, 3.05) is 19.0 Å². The monoisotopic (exact) mass is 585 g/mol. The van der Waals surface area contributed by atoms with Crippen LogP contribution in [0, 0.1) is 5.41 Å². The lowest BCUT2D eigenvalue weighted by Gasteiger charge is -2.28. The van der Waals surface area contributed by atoms with Gasteiger partial charge < -0.3 is 14.9 Å². The SMILES string of the molecule is CCC(C)(C)C(=O)SCCOP(=O)(NCc1ccccc1)OC[C@H]1O[C@@H](n2ccc(=O)[nH]c2=O)C(O)[C@@]1(C)O. The molecule has 216 valence electrons. The fourth-order valence-corrected chi connectivity index (χ4v) is 5.93. The molecule has 5 atom stereocenters. The Bertz CT molecular complexity index is 1280. The van der Waals surface area contributed by atoms with Gasteiger partial charge in [0.15, 0.2) is 11.3 Å². The molecule has 14 heteroatoms. The highest BCUT2D eigenvalue weighted by atomic mass is 32.2. The number of rotatable bonds is 13. The van der Waals surface area contributed by atoms with Crippen LogP contribution in [-0.2, 0) is 29.7 Å². The number of H-pyrrole nitrogens is 1. The molecule has 1 fully saturated rings. The van der Waals surface area contributed by atoms with Gasteiger partial charge in [-0.25, -0.2) is 14.4 Å². The summed E-state index contributed by atoms with van der Waals surface area (Å²) in [7, 11) is -3.99. The molecule has 1 aromatic heterocycles. The second-order valence-corrected chi connectivity index (χ2v) is 12.9. The van der Waals surface area contributed by atoms with Crippen LogP contribution >= 0.6 is 19.5 Å². The van der Waals surface area contributed by atoms with E-state index in [0.717, 1.165) is 34.2 Å². The van der Waals surface area contributed by atoms with Crippen LogP contribution in [0.4, 0.5) is 0 Å². The minimum absolute atomic E-state index is 0.00507. The summed E-state index contributed by atoms with van der Waals surface area (Å²) in [4.78, 5) is 38.1. The van der Waals surface area contributed by atoms with Crippen molar-refractivity contribution in [3.05, 3.63) is 69.0 Å². The number of hydrogen-bond acceptors (Lipinski definition) is 10. The van der Waals surface area contributed by atoms with E-state index in [9.17, 15) is 29.2 Å². The van der Waals surface area contributed by atoms with Crippen LogP contribution in [0.15, 0.2) is 52.2 Å². The molecule has 0 radical (unpaired) electrons. The Balaban J connectivity index is 1.69. The van der Waals surface area contributed by atoms with Gasteiger partial charge in [0.25, 0.3) is 5.56 Å². The molecule has 2 unspecified atom stereocenters. The molecule has 1 saturated heterocycles. The standard InChI is InChI=1S/C25H36N3O9PS/c1-5-24(2,3)22(31)39-14-13-35-38(34,26-15-17-9-7-6-8-10-17)36-16-18-25(4,33)20(30)21(37-18)28-12-11-19(29)27-23(28)32/h6-12,18,20-21,30,33H,5,13-16H2,1-4H3,(H,26,34)(H,27,29,32)/t18-,20?,21-,25+,38?/m1/s1. The number of benzene rings is 1. The molecule has 0 aliphatic carbocycles. The van der Waals surface area contributed by atoms with Crippen LogP contribution in [0.25, 0.3) is 0 Å². The molecule has 39 heavy (non-hydrogen) atoms. The Hall–Kier alpha value is -2.09. The predicted octanol–water partition coefficient (Wildman–Crippen LogP) is 2.17. The van der Waals surface area contributed by atoms with Gasteiger partial charge in [0, 0.05) is 30.0 Å². The van der Waals surface area contributed by atoms with Gasteiger partial charge in [-0.05, 0) is 18.9 Å². The molecule has 12 nitrogen and oxygen atoms in total. The zero-order chi connectivity index (χ0) is 28.8. The maximum atomic E-state index is 13.6. The second kappa shape index (κ2) is 13.0. The van der Waals surface area contributed by atoms with Gasteiger partial charge in [-0.15, -0.1) is 0 Å². The average Bonchev–Trinajstić information content (AvgIpc) is 3.12. The molecule has 3 rings (SSSR count). The van der Waals surface area contributed by atoms with Crippen LogP contribution in [0.1, 0.15) is 45.9 Å². The summed E-state index contributed by atoms with van der Waals surface area (Å²) in [6.45, 7) is 6.56. The largest absolute Gasteiger partial charge is 0.405 e. The molecule has 1 aliphatic rings. The number of carbonyl (C=O) groups excluding carboxylic acids is 1. The highest BCUT2D eigenvalue weighted by Gasteiger charge is 2.53.